The number of hydrogen-bond donors (Lipinski definition) is 0. The molecular formula is C20H20N6O2. The molecule has 0 bridgehead atoms. The van der Waals surface area contributed by atoms with Crippen LogP contribution >= 0.6 is 0 Å². The molecule has 1 aliphatic heterocycles. The molecule has 4 rings (SSSR count). The highest BCUT2D eigenvalue weighted by Gasteiger charge is 2.23. The Morgan fingerprint density at radius 3 is 2.50 bits per heavy atom. The second-order valence-electron chi connectivity index (χ2n) is 6.44. The summed E-state index contributed by atoms with van der Waals surface area (Å²) in [4.78, 5) is 33.7. The van der Waals surface area contributed by atoms with Crippen molar-refractivity contribution in [2.45, 2.75) is 6.92 Å². The smallest absolute Gasteiger partial charge is 0.322 e. The molecule has 8 heteroatoms. The third-order valence-corrected chi connectivity index (χ3v) is 4.46. The Kier molecular flexibility index (Phi) is 5.09. The van der Waals surface area contributed by atoms with Gasteiger partial charge in [0.1, 0.15) is 5.75 Å². The van der Waals surface area contributed by atoms with Crippen molar-refractivity contribution in [2.24, 2.45) is 0 Å². The first-order valence-corrected chi connectivity index (χ1v) is 9.08. The molecule has 0 aliphatic carbocycles. The van der Waals surface area contributed by atoms with Crippen LogP contribution in [0.15, 0.2) is 55.0 Å². The number of carbonyl (C=O) groups excluding carboxylic acids is 1. The molecule has 1 aliphatic rings. The van der Waals surface area contributed by atoms with Gasteiger partial charge in [0.25, 0.3) is 5.91 Å². The van der Waals surface area contributed by atoms with E-state index < -0.39 is 0 Å². The van der Waals surface area contributed by atoms with Gasteiger partial charge in [0, 0.05) is 56.0 Å². The van der Waals surface area contributed by atoms with Crippen LogP contribution in [0.2, 0.25) is 0 Å². The maximum absolute atomic E-state index is 12.9. The molecule has 0 N–H and O–H groups in total. The lowest BCUT2D eigenvalue weighted by atomic mass is 10.1. The molecule has 1 amide bonds. The number of carbonyl (C=O) groups is 1. The van der Waals surface area contributed by atoms with Crippen molar-refractivity contribution in [2.75, 3.05) is 31.1 Å². The molecular weight excluding hydrogens is 356 g/mol. The van der Waals surface area contributed by atoms with Gasteiger partial charge >= 0.3 is 6.01 Å². The van der Waals surface area contributed by atoms with Crippen LogP contribution in [0.5, 0.6) is 11.8 Å². The third-order valence-electron chi connectivity index (χ3n) is 4.46. The van der Waals surface area contributed by atoms with Crippen LogP contribution in [-0.4, -0.2) is 56.9 Å². The molecule has 1 saturated heterocycles. The Bertz CT molecular complexity index is 958. The average molecular weight is 376 g/mol. The van der Waals surface area contributed by atoms with E-state index in [-0.39, 0.29) is 11.9 Å². The van der Waals surface area contributed by atoms with Crippen molar-refractivity contribution in [3.05, 3.63) is 66.2 Å². The lowest BCUT2D eigenvalue weighted by Crippen LogP contribution is -2.49. The monoisotopic (exact) mass is 376 g/mol. The fourth-order valence-corrected chi connectivity index (χ4v) is 3.02. The predicted octanol–water partition coefficient (Wildman–Crippen LogP) is 2.33. The van der Waals surface area contributed by atoms with E-state index in [2.05, 4.69) is 24.8 Å². The maximum atomic E-state index is 12.9. The molecule has 8 nitrogen and oxygen atoms in total. The van der Waals surface area contributed by atoms with Crippen LogP contribution in [0, 0.1) is 6.92 Å². The Morgan fingerprint density at radius 2 is 1.75 bits per heavy atom. The van der Waals surface area contributed by atoms with E-state index in [0.29, 0.717) is 43.4 Å². The first-order chi connectivity index (χ1) is 13.7. The summed E-state index contributed by atoms with van der Waals surface area (Å²) in [6.07, 6.45) is 5.09. The highest BCUT2D eigenvalue weighted by atomic mass is 16.5. The summed E-state index contributed by atoms with van der Waals surface area (Å²) in [5.41, 5.74) is 1.40. The van der Waals surface area contributed by atoms with Crippen molar-refractivity contribution in [1.82, 2.24) is 24.8 Å². The van der Waals surface area contributed by atoms with E-state index >= 15 is 0 Å². The first-order valence-electron chi connectivity index (χ1n) is 9.08. The quantitative estimate of drug-likeness (QED) is 0.691. The Labute approximate surface area is 162 Å². The summed E-state index contributed by atoms with van der Waals surface area (Å²) >= 11 is 0. The van der Waals surface area contributed by atoms with Crippen LogP contribution in [0.25, 0.3) is 0 Å². The number of piperazine rings is 1. The minimum absolute atomic E-state index is 0.0239. The molecule has 3 heterocycles. The number of rotatable bonds is 4. The number of ether oxygens (including phenoxy) is 1. The van der Waals surface area contributed by atoms with Crippen molar-refractivity contribution in [3.63, 3.8) is 0 Å². The third kappa shape index (κ3) is 4.06. The second-order valence-corrected chi connectivity index (χ2v) is 6.44. The van der Waals surface area contributed by atoms with Gasteiger partial charge in [-0.15, -0.1) is 0 Å². The molecule has 142 valence electrons. The van der Waals surface area contributed by atoms with E-state index in [1.807, 2.05) is 11.8 Å². The highest BCUT2D eigenvalue weighted by Crippen LogP contribution is 2.21. The van der Waals surface area contributed by atoms with E-state index in [0.717, 1.165) is 5.69 Å². The van der Waals surface area contributed by atoms with Crippen molar-refractivity contribution in [3.8, 4) is 11.8 Å². The Balaban J connectivity index is 1.41. The SMILES string of the molecule is Cc1ccnc(Oc2cccc(C(=O)N3CCN(c4ncccn4)CC3)c2)n1. The lowest BCUT2D eigenvalue weighted by Gasteiger charge is -2.34. The number of aromatic nitrogens is 4. The zero-order valence-corrected chi connectivity index (χ0v) is 15.5. The van der Waals surface area contributed by atoms with E-state index in [4.69, 9.17) is 4.74 Å². The van der Waals surface area contributed by atoms with E-state index in [9.17, 15) is 4.79 Å². The number of benzene rings is 1. The second kappa shape index (κ2) is 7.99. The Hall–Kier alpha value is -3.55. The number of hydrogen-bond acceptors (Lipinski definition) is 7. The lowest BCUT2D eigenvalue weighted by molar-refractivity contribution is 0.0746. The van der Waals surface area contributed by atoms with Gasteiger partial charge < -0.3 is 14.5 Å². The van der Waals surface area contributed by atoms with Gasteiger partial charge in [-0.25, -0.2) is 19.9 Å². The van der Waals surface area contributed by atoms with Crippen molar-refractivity contribution in [1.29, 1.82) is 0 Å². The molecule has 0 radical (unpaired) electrons. The molecule has 0 saturated carbocycles. The van der Waals surface area contributed by atoms with Gasteiger partial charge in [0.15, 0.2) is 0 Å². The van der Waals surface area contributed by atoms with Gasteiger partial charge in [-0.2, -0.15) is 0 Å². The van der Waals surface area contributed by atoms with E-state index in [1.165, 1.54) is 0 Å². The number of amides is 1. The molecule has 0 atom stereocenters. The fraction of sp³-hybridized carbons (Fsp3) is 0.250. The first kappa shape index (κ1) is 17.8. The van der Waals surface area contributed by atoms with Gasteiger partial charge in [-0.3, -0.25) is 4.79 Å². The number of nitrogens with zero attached hydrogens (tertiary/aromatic N) is 6. The number of anilines is 1. The number of aryl methyl sites for hydroxylation is 1. The van der Waals surface area contributed by atoms with Gasteiger partial charge in [-0.1, -0.05) is 6.07 Å². The van der Waals surface area contributed by atoms with Crippen molar-refractivity contribution >= 4 is 11.9 Å². The largest absolute Gasteiger partial charge is 0.424 e. The van der Waals surface area contributed by atoms with Gasteiger partial charge in [0.05, 0.1) is 0 Å². The Morgan fingerprint density at radius 1 is 0.964 bits per heavy atom. The summed E-state index contributed by atoms with van der Waals surface area (Å²) in [6, 6.07) is 11.0. The van der Waals surface area contributed by atoms with Crippen LogP contribution in [0.3, 0.4) is 0 Å². The zero-order valence-electron chi connectivity index (χ0n) is 15.5. The molecule has 1 aromatic carbocycles. The topological polar surface area (TPSA) is 84.3 Å². The van der Waals surface area contributed by atoms with Crippen molar-refractivity contribution < 1.29 is 9.53 Å². The molecule has 28 heavy (non-hydrogen) atoms. The summed E-state index contributed by atoms with van der Waals surface area (Å²) in [5.74, 6) is 1.21. The van der Waals surface area contributed by atoms with Crippen LogP contribution in [-0.2, 0) is 0 Å². The van der Waals surface area contributed by atoms with Crippen LogP contribution in [0.1, 0.15) is 16.1 Å². The summed E-state index contributed by atoms with van der Waals surface area (Å²) in [5, 5.41) is 0. The maximum Gasteiger partial charge on any atom is 0.322 e. The van der Waals surface area contributed by atoms with Crippen LogP contribution < -0.4 is 9.64 Å². The van der Waals surface area contributed by atoms with Gasteiger partial charge in [-0.05, 0) is 37.3 Å². The standard InChI is InChI=1S/C20H20N6O2/c1-15-6-9-23-20(24-15)28-17-5-2-4-16(14-17)18(27)25-10-12-26(13-11-25)19-21-7-3-8-22-19/h2-9,14H,10-13H2,1H3. The summed E-state index contributed by atoms with van der Waals surface area (Å²) < 4.78 is 5.69. The minimum atomic E-state index is -0.0239. The molecule has 2 aromatic heterocycles. The zero-order chi connectivity index (χ0) is 19.3. The van der Waals surface area contributed by atoms with E-state index in [1.54, 1.807) is 55.0 Å². The predicted molar refractivity (Wildman–Crippen MR) is 103 cm³/mol. The summed E-state index contributed by atoms with van der Waals surface area (Å²) in [6.45, 7) is 4.49. The average Bonchev–Trinajstić information content (AvgIpc) is 2.74. The fourth-order valence-electron chi connectivity index (χ4n) is 3.02. The minimum Gasteiger partial charge on any atom is -0.424 e. The highest BCUT2D eigenvalue weighted by molar-refractivity contribution is 5.94. The molecule has 0 unspecified atom stereocenters. The molecule has 1 fully saturated rings. The molecule has 3 aromatic rings. The normalized spacial score (nSPS) is 14.0. The summed E-state index contributed by atoms with van der Waals surface area (Å²) in [7, 11) is 0. The van der Waals surface area contributed by atoms with Gasteiger partial charge in [0.2, 0.25) is 5.95 Å². The molecule has 0 spiro atoms. The van der Waals surface area contributed by atoms with Crippen LogP contribution in [0.4, 0.5) is 5.95 Å².